The molecule has 0 N–H and O–H groups in total. The van der Waals surface area contributed by atoms with Crippen LogP contribution in [0.3, 0.4) is 0 Å². The molecule has 0 aromatic heterocycles. The van der Waals surface area contributed by atoms with Gasteiger partial charge in [0.05, 0.1) is 0 Å². The van der Waals surface area contributed by atoms with Crippen LogP contribution in [0.15, 0.2) is 0 Å². The van der Waals surface area contributed by atoms with Crippen LogP contribution in [0.1, 0.15) is 45.4 Å². The smallest absolute Gasteiger partial charge is 0.00146 e. The molecule has 0 saturated heterocycles. The highest BCUT2D eigenvalue weighted by atomic mass is 32.3. The van der Waals surface area contributed by atoms with Gasteiger partial charge in [-0.3, -0.25) is 3.63 Å². The summed E-state index contributed by atoms with van der Waals surface area (Å²) < 4.78 is 5.87. The summed E-state index contributed by atoms with van der Waals surface area (Å²) in [6.07, 6.45) is 14.8. The number of unbranched alkanes of at least 4 members (excludes halogenated alkanes) is 5. The summed E-state index contributed by atoms with van der Waals surface area (Å²) in [6.45, 7) is 2.26. The Kier molecular flexibility index (Phi) is 8.96. The van der Waals surface area contributed by atoms with Crippen molar-refractivity contribution in [2.24, 2.45) is 0 Å². The molecule has 1 unspecified atom stereocenters. The molecular weight excluding hydrogens is 224 g/mol. The minimum Gasteiger partial charge on any atom is -0.278 e. The van der Waals surface area contributed by atoms with E-state index in [1.54, 1.807) is 0 Å². The Morgan fingerprint density at radius 1 is 1.07 bits per heavy atom. The van der Waals surface area contributed by atoms with Crippen molar-refractivity contribution in [3.63, 3.8) is 0 Å². The minimum atomic E-state index is -0.824. The van der Waals surface area contributed by atoms with E-state index in [2.05, 4.69) is 31.6 Å². The fraction of sp³-hybridized carbons (Fsp3) is 0.917. The van der Waals surface area contributed by atoms with Gasteiger partial charge in [0.25, 0.3) is 0 Å². The summed E-state index contributed by atoms with van der Waals surface area (Å²) in [4.78, 5) is 0. The molecule has 0 spiro atoms. The molecule has 15 heavy (non-hydrogen) atoms. The Balaban J connectivity index is 3.44. The van der Waals surface area contributed by atoms with Crippen molar-refractivity contribution in [3.05, 3.63) is 0 Å². The molecule has 1 nitrogen and oxygen atoms in total. The Bertz CT molecular complexity index is 178. The summed E-state index contributed by atoms with van der Waals surface area (Å²) in [6, 6.07) is 0. The minimum absolute atomic E-state index is 0.108. The van der Waals surface area contributed by atoms with Crippen molar-refractivity contribution in [1.29, 1.82) is 0 Å². The monoisotopic (exact) mass is 252 g/mol. The van der Waals surface area contributed by atoms with Crippen LogP contribution in [0.25, 0.3) is 0 Å². The Morgan fingerprint density at radius 2 is 1.60 bits per heavy atom. The first kappa shape index (κ1) is 15.5. The van der Waals surface area contributed by atoms with Gasteiger partial charge in [-0.1, -0.05) is 49.8 Å². The van der Waals surface area contributed by atoms with E-state index in [9.17, 15) is 0 Å². The lowest BCUT2D eigenvalue weighted by Gasteiger charge is -2.30. The molecule has 3 heteroatoms. The Morgan fingerprint density at radius 3 is 2.13 bits per heavy atom. The van der Waals surface area contributed by atoms with Gasteiger partial charge in [-0.15, -0.1) is 10.3 Å². The maximum atomic E-state index is 5.87. The predicted octanol–water partition coefficient (Wildman–Crippen LogP) is 4.59. The molecule has 94 valence electrons. The fourth-order valence-electron chi connectivity index (χ4n) is 1.58. The second-order valence-electron chi connectivity index (χ2n) is 4.55. The molecular formula is C12H28OS2. The van der Waals surface area contributed by atoms with Crippen molar-refractivity contribution in [2.75, 3.05) is 24.5 Å². The van der Waals surface area contributed by atoms with Gasteiger partial charge in [0.2, 0.25) is 0 Å². The normalized spacial score (nSPS) is 15.2. The first-order valence-electron chi connectivity index (χ1n) is 5.84. The molecule has 1 atom stereocenters. The SMILES string of the molecule is C=S(C)OS(C)(C)CCCCCCCC. The first-order chi connectivity index (χ1) is 6.98. The van der Waals surface area contributed by atoms with Crippen LogP contribution in [-0.4, -0.2) is 30.4 Å². The van der Waals surface area contributed by atoms with Crippen molar-refractivity contribution in [2.45, 2.75) is 45.4 Å². The lowest BCUT2D eigenvalue weighted by atomic mass is 10.1. The van der Waals surface area contributed by atoms with E-state index >= 15 is 0 Å². The number of hydrogen-bond acceptors (Lipinski definition) is 1. The molecule has 0 rings (SSSR count). The molecule has 0 bridgehead atoms. The lowest BCUT2D eigenvalue weighted by molar-refractivity contribution is 0.621. The summed E-state index contributed by atoms with van der Waals surface area (Å²) in [7, 11) is -0.932. The zero-order valence-electron chi connectivity index (χ0n) is 10.9. The summed E-state index contributed by atoms with van der Waals surface area (Å²) in [5, 5.41) is 0. The van der Waals surface area contributed by atoms with E-state index in [4.69, 9.17) is 3.63 Å². The van der Waals surface area contributed by atoms with E-state index in [-0.39, 0.29) is 10.8 Å². The third-order valence-electron chi connectivity index (χ3n) is 2.29. The van der Waals surface area contributed by atoms with E-state index in [1.165, 1.54) is 44.3 Å². The Labute approximate surface area is 101 Å². The van der Waals surface area contributed by atoms with Crippen molar-refractivity contribution in [3.8, 4) is 0 Å². The van der Waals surface area contributed by atoms with Gasteiger partial charge >= 0.3 is 0 Å². The van der Waals surface area contributed by atoms with Gasteiger partial charge in [0.1, 0.15) is 0 Å². The van der Waals surface area contributed by atoms with Crippen LogP contribution < -0.4 is 0 Å². The highest BCUT2D eigenvalue weighted by Crippen LogP contribution is 2.46. The second kappa shape index (κ2) is 8.66. The lowest BCUT2D eigenvalue weighted by Crippen LogP contribution is -2.02. The second-order valence-corrected chi connectivity index (χ2v) is 9.52. The van der Waals surface area contributed by atoms with Gasteiger partial charge in [0, 0.05) is 6.26 Å². The summed E-state index contributed by atoms with van der Waals surface area (Å²) in [5.41, 5.74) is 0. The highest BCUT2D eigenvalue weighted by Gasteiger charge is 2.11. The molecule has 0 aliphatic carbocycles. The first-order valence-corrected chi connectivity index (χ1v) is 10.1. The molecule has 0 fully saturated rings. The van der Waals surface area contributed by atoms with Gasteiger partial charge in [-0.25, -0.2) is 0 Å². The standard InChI is InChI=1S/C12H28OS2/c1-6-7-8-9-10-11-12-15(4,5)13-14(2)3/h2,6-12H2,1,3-5H3. The molecule has 0 radical (unpaired) electrons. The van der Waals surface area contributed by atoms with E-state index < -0.39 is 10.3 Å². The van der Waals surface area contributed by atoms with E-state index in [0.717, 1.165) is 0 Å². The predicted molar refractivity (Wildman–Crippen MR) is 79.4 cm³/mol. The average molecular weight is 252 g/mol. The summed E-state index contributed by atoms with van der Waals surface area (Å²) in [5.74, 6) is 5.16. The maximum Gasteiger partial charge on any atom is 0.00146 e. The molecule has 0 saturated carbocycles. The van der Waals surface area contributed by atoms with Gasteiger partial charge in [-0.05, 0) is 30.6 Å². The van der Waals surface area contributed by atoms with Crippen LogP contribution in [0, 0.1) is 0 Å². The van der Waals surface area contributed by atoms with Crippen molar-refractivity contribution in [1.82, 2.24) is 0 Å². The van der Waals surface area contributed by atoms with Crippen LogP contribution in [0.4, 0.5) is 0 Å². The third kappa shape index (κ3) is 10.8. The molecule has 0 heterocycles. The number of rotatable bonds is 9. The van der Waals surface area contributed by atoms with E-state index in [1.807, 2.05) is 0 Å². The average Bonchev–Trinajstić information content (AvgIpc) is 2.08. The van der Waals surface area contributed by atoms with Gasteiger partial charge in [-0.2, -0.15) is 0 Å². The highest BCUT2D eigenvalue weighted by molar-refractivity contribution is 8.34. The van der Waals surface area contributed by atoms with E-state index in [0.29, 0.717) is 0 Å². The molecule has 0 aromatic carbocycles. The quantitative estimate of drug-likeness (QED) is 0.431. The third-order valence-corrected chi connectivity index (χ3v) is 5.96. The van der Waals surface area contributed by atoms with Gasteiger partial charge in [0.15, 0.2) is 0 Å². The Hall–Kier alpha value is 0.530. The maximum absolute atomic E-state index is 5.87. The molecule has 0 aliphatic rings. The van der Waals surface area contributed by atoms with Gasteiger partial charge < -0.3 is 0 Å². The number of hydrogen-bond donors (Lipinski definition) is 0. The fourth-order valence-corrected chi connectivity index (χ4v) is 5.27. The molecule has 0 aromatic rings. The van der Waals surface area contributed by atoms with Crippen LogP contribution >= 0.6 is 21.1 Å². The molecule has 0 amide bonds. The van der Waals surface area contributed by atoms with Crippen molar-refractivity contribution >= 4 is 26.9 Å². The van der Waals surface area contributed by atoms with Crippen molar-refractivity contribution < 1.29 is 3.63 Å². The zero-order valence-corrected chi connectivity index (χ0v) is 12.5. The molecule has 0 aliphatic heterocycles. The van der Waals surface area contributed by atoms with Crippen LogP contribution in [0.2, 0.25) is 0 Å². The topological polar surface area (TPSA) is 9.23 Å². The van der Waals surface area contributed by atoms with Crippen LogP contribution in [-0.2, 0) is 3.63 Å². The summed E-state index contributed by atoms with van der Waals surface area (Å²) >= 11 is 0. The van der Waals surface area contributed by atoms with Crippen LogP contribution in [0.5, 0.6) is 0 Å². The zero-order chi connectivity index (χ0) is 11.7. The largest absolute Gasteiger partial charge is 0.278 e.